The van der Waals surface area contributed by atoms with Crippen LogP contribution in [0.1, 0.15) is 37.8 Å². The summed E-state index contributed by atoms with van der Waals surface area (Å²) in [6.07, 6.45) is 5.85. The molecule has 31 heavy (non-hydrogen) atoms. The van der Waals surface area contributed by atoms with Crippen molar-refractivity contribution in [1.29, 1.82) is 0 Å². The van der Waals surface area contributed by atoms with E-state index < -0.39 is 0 Å². The molecule has 1 saturated heterocycles. The van der Waals surface area contributed by atoms with Gasteiger partial charge in [0.25, 0.3) is 0 Å². The predicted octanol–water partition coefficient (Wildman–Crippen LogP) is 3.24. The van der Waals surface area contributed by atoms with E-state index >= 15 is 0 Å². The molecular formula is C24H34N4O3. The third kappa shape index (κ3) is 6.40. The van der Waals surface area contributed by atoms with Gasteiger partial charge in [-0.05, 0) is 38.4 Å². The van der Waals surface area contributed by atoms with Crippen molar-refractivity contribution >= 4 is 11.7 Å². The SMILES string of the molecule is Cc1c(OCCCCN2CCN(c3ncccn3)CC2)ccc(CC(=O)C(C)C)c1O. The molecule has 7 nitrogen and oxygen atoms in total. The van der Waals surface area contributed by atoms with Gasteiger partial charge < -0.3 is 14.7 Å². The van der Waals surface area contributed by atoms with Gasteiger partial charge in [0.2, 0.25) is 5.95 Å². The van der Waals surface area contributed by atoms with E-state index in [1.54, 1.807) is 18.5 Å². The van der Waals surface area contributed by atoms with Crippen LogP contribution in [-0.2, 0) is 11.2 Å². The zero-order valence-electron chi connectivity index (χ0n) is 18.9. The average molecular weight is 427 g/mol. The van der Waals surface area contributed by atoms with Gasteiger partial charge in [-0.15, -0.1) is 0 Å². The van der Waals surface area contributed by atoms with E-state index in [9.17, 15) is 9.90 Å². The molecule has 2 aromatic rings. The van der Waals surface area contributed by atoms with Crippen LogP contribution in [0.3, 0.4) is 0 Å². The monoisotopic (exact) mass is 426 g/mol. The maximum atomic E-state index is 12.0. The molecule has 1 fully saturated rings. The third-order valence-corrected chi connectivity index (χ3v) is 5.81. The lowest BCUT2D eigenvalue weighted by Crippen LogP contribution is -2.47. The molecule has 0 bridgehead atoms. The van der Waals surface area contributed by atoms with Gasteiger partial charge in [0.05, 0.1) is 6.61 Å². The number of benzene rings is 1. The van der Waals surface area contributed by atoms with Crippen LogP contribution >= 0.6 is 0 Å². The van der Waals surface area contributed by atoms with Crippen LogP contribution in [0, 0.1) is 12.8 Å². The van der Waals surface area contributed by atoms with Crippen molar-refractivity contribution in [2.75, 3.05) is 44.2 Å². The number of hydrogen-bond acceptors (Lipinski definition) is 7. The minimum absolute atomic E-state index is 0.0368. The summed E-state index contributed by atoms with van der Waals surface area (Å²) in [6, 6.07) is 5.50. The van der Waals surface area contributed by atoms with E-state index in [0.29, 0.717) is 23.5 Å². The number of carbonyl (C=O) groups is 1. The molecular weight excluding hydrogens is 392 g/mol. The number of hydrogen-bond donors (Lipinski definition) is 1. The fourth-order valence-electron chi connectivity index (χ4n) is 3.67. The Hall–Kier alpha value is -2.67. The first-order chi connectivity index (χ1) is 15.0. The van der Waals surface area contributed by atoms with E-state index in [1.807, 2.05) is 32.9 Å². The largest absolute Gasteiger partial charge is 0.507 e. The highest BCUT2D eigenvalue weighted by Gasteiger charge is 2.18. The first-order valence-corrected chi connectivity index (χ1v) is 11.2. The lowest BCUT2D eigenvalue weighted by molar-refractivity contribution is -0.121. The van der Waals surface area contributed by atoms with Crippen LogP contribution < -0.4 is 9.64 Å². The van der Waals surface area contributed by atoms with Crippen LogP contribution in [0.5, 0.6) is 11.5 Å². The fourth-order valence-corrected chi connectivity index (χ4v) is 3.67. The summed E-state index contributed by atoms with van der Waals surface area (Å²) in [7, 11) is 0. The van der Waals surface area contributed by atoms with Crippen LogP contribution in [0.2, 0.25) is 0 Å². The van der Waals surface area contributed by atoms with Crippen molar-refractivity contribution in [2.45, 2.75) is 40.0 Å². The Balaban J connectivity index is 1.36. The molecule has 0 radical (unpaired) electrons. The first kappa shape index (κ1) is 23.0. The topological polar surface area (TPSA) is 78.8 Å². The molecule has 0 unspecified atom stereocenters. The van der Waals surface area contributed by atoms with Crippen molar-refractivity contribution in [1.82, 2.24) is 14.9 Å². The number of rotatable bonds is 10. The molecule has 7 heteroatoms. The average Bonchev–Trinajstić information content (AvgIpc) is 2.79. The van der Waals surface area contributed by atoms with Gasteiger partial charge in [-0.3, -0.25) is 9.69 Å². The summed E-state index contributed by atoms with van der Waals surface area (Å²) in [5.41, 5.74) is 1.37. The molecule has 1 N–H and O–H groups in total. The van der Waals surface area contributed by atoms with E-state index in [2.05, 4.69) is 19.8 Å². The molecule has 0 amide bonds. The summed E-state index contributed by atoms with van der Waals surface area (Å²) in [5, 5.41) is 10.4. The Bertz CT molecular complexity index is 849. The van der Waals surface area contributed by atoms with Crippen molar-refractivity contribution < 1.29 is 14.6 Å². The molecule has 2 heterocycles. The second-order valence-corrected chi connectivity index (χ2v) is 8.43. The summed E-state index contributed by atoms with van der Waals surface area (Å²) < 4.78 is 5.90. The first-order valence-electron chi connectivity index (χ1n) is 11.2. The molecule has 168 valence electrons. The normalized spacial score (nSPS) is 14.8. The lowest BCUT2D eigenvalue weighted by atomic mass is 9.98. The smallest absolute Gasteiger partial charge is 0.225 e. The molecule has 0 aliphatic carbocycles. The highest BCUT2D eigenvalue weighted by atomic mass is 16.5. The molecule has 0 saturated carbocycles. The third-order valence-electron chi connectivity index (χ3n) is 5.81. The number of Topliss-reactive ketones (excluding diaryl/α,β-unsaturated/α-hetero) is 1. The zero-order valence-corrected chi connectivity index (χ0v) is 18.9. The number of piperazine rings is 1. The molecule has 0 atom stereocenters. The minimum Gasteiger partial charge on any atom is -0.507 e. The minimum atomic E-state index is -0.0368. The van der Waals surface area contributed by atoms with E-state index in [1.165, 1.54) is 0 Å². The van der Waals surface area contributed by atoms with E-state index in [4.69, 9.17) is 4.74 Å². The number of carbonyl (C=O) groups excluding carboxylic acids is 1. The summed E-state index contributed by atoms with van der Waals surface area (Å²) in [6.45, 7) is 11.2. The second kappa shape index (κ2) is 11.1. The highest BCUT2D eigenvalue weighted by Crippen LogP contribution is 2.31. The number of aromatic hydroxyl groups is 1. The zero-order chi connectivity index (χ0) is 22.2. The van der Waals surface area contributed by atoms with Gasteiger partial charge in [0.1, 0.15) is 17.3 Å². The number of aromatic nitrogens is 2. The summed E-state index contributed by atoms with van der Waals surface area (Å²) in [4.78, 5) is 25.3. The quantitative estimate of drug-likeness (QED) is 0.584. The number of anilines is 1. The van der Waals surface area contributed by atoms with Gasteiger partial charge in [0.15, 0.2) is 0 Å². The second-order valence-electron chi connectivity index (χ2n) is 8.43. The van der Waals surface area contributed by atoms with Gasteiger partial charge in [-0.2, -0.15) is 0 Å². The maximum absolute atomic E-state index is 12.0. The van der Waals surface area contributed by atoms with Crippen LogP contribution in [-0.4, -0.2) is 65.1 Å². The highest BCUT2D eigenvalue weighted by molar-refractivity contribution is 5.83. The van der Waals surface area contributed by atoms with Gasteiger partial charge in [-0.25, -0.2) is 9.97 Å². The van der Waals surface area contributed by atoms with Gasteiger partial charge in [0, 0.05) is 62.0 Å². The number of phenolic OH excluding ortho intramolecular Hbond substituents is 1. The Morgan fingerprint density at radius 1 is 1.13 bits per heavy atom. The number of ketones is 1. The standard InChI is InChI=1S/C24H34N4O3/c1-18(2)21(29)17-20-7-8-22(19(3)23(20)30)31-16-5-4-11-27-12-14-28(15-13-27)24-25-9-6-10-26-24/h6-10,18,30H,4-5,11-17H2,1-3H3. The van der Waals surface area contributed by atoms with Gasteiger partial charge >= 0.3 is 0 Å². The van der Waals surface area contributed by atoms with Crippen LogP contribution in [0.4, 0.5) is 5.95 Å². The molecule has 1 aromatic heterocycles. The summed E-state index contributed by atoms with van der Waals surface area (Å²) >= 11 is 0. The Kier molecular flexibility index (Phi) is 8.23. The molecule has 1 aromatic carbocycles. The lowest BCUT2D eigenvalue weighted by Gasteiger charge is -2.34. The number of phenols is 1. The number of unbranched alkanes of at least 4 members (excludes halogenated alkanes) is 1. The van der Waals surface area contributed by atoms with Crippen LogP contribution in [0.15, 0.2) is 30.6 Å². The fraction of sp³-hybridized carbons (Fsp3) is 0.542. The van der Waals surface area contributed by atoms with Crippen molar-refractivity contribution in [3.8, 4) is 11.5 Å². The van der Waals surface area contributed by atoms with Crippen molar-refractivity contribution in [3.05, 3.63) is 41.7 Å². The van der Waals surface area contributed by atoms with E-state index in [-0.39, 0.29) is 23.9 Å². The predicted molar refractivity (Wildman–Crippen MR) is 122 cm³/mol. The molecule has 1 aliphatic heterocycles. The summed E-state index contributed by atoms with van der Waals surface area (Å²) in [5.74, 6) is 1.76. The Morgan fingerprint density at radius 2 is 1.84 bits per heavy atom. The number of ether oxygens (including phenoxy) is 1. The van der Waals surface area contributed by atoms with Crippen molar-refractivity contribution in [2.24, 2.45) is 5.92 Å². The molecule has 3 rings (SSSR count). The Labute approximate surface area is 185 Å². The van der Waals surface area contributed by atoms with Gasteiger partial charge in [-0.1, -0.05) is 19.9 Å². The molecule has 0 spiro atoms. The van der Waals surface area contributed by atoms with Crippen LogP contribution in [0.25, 0.3) is 0 Å². The number of nitrogens with zero attached hydrogens (tertiary/aromatic N) is 4. The molecule has 1 aliphatic rings. The Morgan fingerprint density at radius 3 is 2.52 bits per heavy atom. The van der Waals surface area contributed by atoms with Crippen molar-refractivity contribution in [3.63, 3.8) is 0 Å². The maximum Gasteiger partial charge on any atom is 0.225 e. The van der Waals surface area contributed by atoms with E-state index in [0.717, 1.165) is 51.5 Å².